The van der Waals surface area contributed by atoms with Gasteiger partial charge in [-0.25, -0.2) is 14.8 Å². The van der Waals surface area contributed by atoms with Crippen LogP contribution in [-0.4, -0.2) is 68.6 Å². The van der Waals surface area contributed by atoms with Crippen molar-refractivity contribution in [1.82, 2.24) is 19.5 Å². The molecular weight excluding hydrogens is 546 g/mol. The van der Waals surface area contributed by atoms with Gasteiger partial charge in [-0.05, 0) is 43.4 Å². The van der Waals surface area contributed by atoms with E-state index in [0.29, 0.717) is 11.5 Å². The Morgan fingerprint density at radius 3 is 2.40 bits per heavy atom. The Balaban J connectivity index is 1.63. The van der Waals surface area contributed by atoms with Crippen molar-refractivity contribution in [3.8, 4) is 0 Å². The van der Waals surface area contributed by atoms with Crippen LogP contribution >= 0.6 is 0 Å². The molecule has 1 aliphatic heterocycles. The van der Waals surface area contributed by atoms with E-state index in [9.17, 15) is 36.2 Å². The van der Waals surface area contributed by atoms with Gasteiger partial charge < -0.3 is 24.6 Å². The molecule has 40 heavy (non-hydrogen) atoms. The fourth-order valence-electron chi connectivity index (χ4n) is 4.90. The van der Waals surface area contributed by atoms with Gasteiger partial charge in [0.25, 0.3) is 0 Å². The first-order valence-electron chi connectivity index (χ1n) is 12.7. The third-order valence-electron chi connectivity index (χ3n) is 7.33. The van der Waals surface area contributed by atoms with Gasteiger partial charge in [-0.3, -0.25) is 0 Å². The highest BCUT2D eigenvalue weighted by Gasteiger charge is 2.44. The van der Waals surface area contributed by atoms with E-state index in [1.54, 1.807) is 0 Å². The van der Waals surface area contributed by atoms with E-state index < -0.39 is 42.4 Å². The first kappa shape index (κ1) is 27.9. The Labute approximate surface area is 224 Å². The van der Waals surface area contributed by atoms with Gasteiger partial charge in [-0.2, -0.15) is 31.3 Å². The molecule has 216 valence electrons. The van der Waals surface area contributed by atoms with Crippen molar-refractivity contribution < 1.29 is 41.0 Å². The maximum Gasteiger partial charge on any atom is 0.416 e. The molecule has 1 unspecified atom stereocenters. The van der Waals surface area contributed by atoms with Crippen molar-refractivity contribution >= 4 is 28.9 Å². The molecule has 0 radical (unpaired) electrons. The summed E-state index contributed by atoms with van der Waals surface area (Å²) in [6, 6.07) is 4.27. The summed E-state index contributed by atoms with van der Waals surface area (Å²) in [4.78, 5) is 25.8. The molecule has 5 rings (SSSR count). The molecule has 2 fully saturated rings. The van der Waals surface area contributed by atoms with Crippen molar-refractivity contribution in [2.75, 3.05) is 29.9 Å². The second-order valence-electron chi connectivity index (χ2n) is 10.0. The molecule has 0 amide bonds. The third kappa shape index (κ3) is 5.64. The molecule has 3 heterocycles. The standard InChI is InChI=1S/C25H26F6N6O3/c1-13(15-3-2-4-15)32-19-18-20(34-21(33-19)22(38)39)35-23(36-9-10-40-17(12-36)25(29,30)31)37(18)11-14-5-7-16(8-6-14)24(26,27)28/h5-8,13,15,17H,2-4,9-12H2,1H3,(H,38,39)(H,32,33,34)/t13-,17?/m1/s1. The largest absolute Gasteiger partial charge is 0.475 e. The number of fused-ring (bicyclic) bond motifs is 1. The first-order valence-corrected chi connectivity index (χ1v) is 12.7. The number of nitrogens with zero attached hydrogens (tertiary/aromatic N) is 5. The summed E-state index contributed by atoms with van der Waals surface area (Å²) < 4.78 is 86.3. The summed E-state index contributed by atoms with van der Waals surface area (Å²) in [6.45, 7) is 1.05. The molecule has 0 bridgehead atoms. The summed E-state index contributed by atoms with van der Waals surface area (Å²) in [5, 5.41) is 12.9. The van der Waals surface area contributed by atoms with Crippen LogP contribution in [0.5, 0.6) is 0 Å². The summed E-state index contributed by atoms with van der Waals surface area (Å²) >= 11 is 0. The number of morpholine rings is 1. The highest BCUT2D eigenvalue weighted by molar-refractivity contribution is 5.91. The molecule has 1 saturated carbocycles. The molecule has 2 aromatic heterocycles. The molecule has 1 aliphatic carbocycles. The Bertz CT molecular complexity index is 1390. The number of carboxylic acids is 1. The molecule has 3 aromatic rings. The number of anilines is 2. The van der Waals surface area contributed by atoms with Gasteiger partial charge in [0.05, 0.1) is 25.3 Å². The van der Waals surface area contributed by atoms with Gasteiger partial charge in [-0.15, -0.1) is 0 Å². The highest BCUT2D eigenvalue weighted by Crippen LogP contribution is 2.35. The maximum atomic E-state index is 13.5. The van der Waals surface area contributed by atoms with E-state index in [1.807, 2.05) is 6.92 Å². The Morgan fingerprint density at radius 2 is 1.82 bits per heavy atom. The normalized spacial score (nSPS) is 19.5. The van der Waals surface area contributed by atoms with Gasteiger partial charge in [0.15, 0.2) is 17.6 Å². The zero-order valence-corrected chi connectivity index (χ0v) is 21.3. The van der Waals surface area contributed by atoms with Crippen LogP contribution in [0.1, 0.15) is 47.9 Å². The van der Waals surface area contributed by atoms with E-state index in [2.05, 4.69) is 20.3 Å². The molecule has 0 spiro atoms. The van der Waals surface area contributed by atoms with E-state index >= 15 is 0 Å². The number of aromatic carboxylic acids is 1. The van der Waals surface area contributed by atoms with Gasteiger partial charge in [-0.1, -0.05) is 18.6 Å². The topological polar surface area (TPSA) is 105 Å². The van der Waals surface area contributed by atoms with E-state index in [0.717, 1.165) is 31.4 Å². The monoisotopic (exact) mass is 572 g/mol. The van der Waals surface area contributed by atoms with Crippen molar-refractivity contribution in [1.29, 1.82) is 0 Å². The lowest BCUT2D eigenvalue weighted by Gasteiger charge is -2.34. The number of hydrogen-bond acceptors (Lipinski definition) is 7. The molecule has 1 saturated heterocycles. The molecule has 1 aromatic carbocycles. The Morgan fingerprint density at radius 1 is 1.12 bits per heavy atom. The highest BCUT2D eigenvalue weighted by atomic mass is 19.4. The zero-order chi connectivity index (χ0) is 28.8. The molecule has 9 nitrogen and oxygen atoms in total. The van der Waals surface area contributed by atoms with Crippen molar-refractivity contribution in [2.24, 2.45) is 5.92 Å². The lowest BCUT2D eigenvalue weighted by molar-refractivity contribution is -0.221. The van der Waals surface area contributed by atoms with Crippen LogP contribution in [0.2, 0.25) is 0 Å². The first-order chi connectivity index (χ1) is 18.8. The fraction of sp³-hybridized carbons (Fsp3) is 0.520. The van der Waals surface area contributed by atoms with Crippen molar-refractivity contribution in [3.63, 3.8) is 0 Å². The third-order valence-corrected chi connectivity index (χ3v) is 7.33. The predicted octanol–water partition coefficient (Wildman–Crippen LogP) is 4.96. The maximum absolute atomic E-state index is 13.5. The van der Waals surface area contributed by atoms with Crippen LogP contribution < -0.4 is 10.2 Å². The van der Waals surface area contributed by atoms with E-state index in [-0.39, 0.29) is 48.7 Å². The fourth-order valence-corrected chi connectivity index (χ4v) is 4.90. The minimum atomic E-state index is -4.63. The van der Waals surface area contributed by atoms with Crippen LogP contribution in [-0.2, 0) is 17.5 Å². The molecular formula is C25H26F6N6O3. The average molecular weight is 573 g/mol. The zero-order valence-electron chi connectivity index (χ0n) is 21.3. The summed E-state index contributed by atoms with van der Waals surface area (Å²) in [5.74, 6) is -1.46. The lowest BCUT2D eigenvalue weighted by atomic mass is 9.80. The number of carboxylic acid groups (broad SMARTS) is 1. The van der Waals surface area contributed by atoms with Crippen molar-refractivity contribution in [3.05, 3.63) is 41.2 Å². The van der Waals surface area contributed by atoms with E-state index in [4.69, 9.17) is 4.74 Å². The number of hydrogen-bond donors (Lipinski definition) is 2. The number of imidazole rings is 1. The number of ether oxygens (including phenoxy) is 1. The minimum absolute atomic E-state index is 0.0450. The lowest BCUT2D eigenvalue weighted by Crippen LogP contribution is -2.50. The molecule has 2 atom stereocenters. The van der Waals surface area contributed by atoms with Crippen molar-refractivity contribution in [2.45, 2.75) is 57.2 Å². The quantitative estimate of drug-likeness (QED) is 0.383. The molecule has 2 aliphatic rings. The summed E-state index contributed by atoms with van der Waals surface area (Å²) in [6.07, 6.45) is -8.26. The number of alkyl halides is 6. The number of halogens is 6. The second-order valence-corrected chi connectivity index (χ2v) is 10.0. The van der Waals surface area contributed by atoms with Gasteiger partial charge in [0.2, 0.25) is 11.8 Å². The number of aromatic nitrogens is 4. The number of nitrogens with one attached hydrogen (secondary N) is 1. The molecule has 15 heteroatoms. The minimum Gasteiger partial charge on any atom is -0.475 e. The van der Waals surface area contributed by atoms with Crippen LogP contribution in [0.3, 0.4) is 0 Å². The average Bonchev–Trinajstić information content (AvgIpc) is 3.20. The summed E-state index contributed by atoms with van der Waals surface area (Å²) in [5.41, 5.74) is -0.262. The van der Waals surface area contributed by atoms with Gasteiger partial charge in [0, 0.05) is 12.6 Å². The van der Waals surface area contributed by atoms with Crippen LogP contribution in [0.4, 0.5) is 38.1 Å². The summed E-state index contributed by atoms with van der Waals surface area (Å²) in [7, 11) is 0. The number of rotatable bonds is 7. The predicted molar refractivity (Wildman–Crippen MR) is 131 cm³/mol. The Kier molecular flexibility index (Phi) is 7.27. The SMILES string of the molecule is C[C@@H](Nc1nc(C(=O)O)nc2nc(N3CCOC(C(F)(F)F)C3)n(Cc3ccc(C(F)(F)F)cc3)c12)C1CCC1. The van der Waals surface area contributed by atoms with Gasteiger partial charge >= 0.3 is 18.3 Å². The number of benzene rings is 1. The van der Waals surface area contributed by atoms with E-state index in [1.165, 1.54) is 21.6 Å². The van der Waals surface area contributed by atoms with Gasteiger partial charge in [0.1, 0.15) is 5.52 Å². The smallest absolute Gasteiger partial charge is 0.416 e. The van der Waals surface area contributed by atoms with Crippen LogP contribution in [0.25, 0.3) is 11.2 Å². The Hall–Kier alpha value is -3.62. The van der Waals surface area contributed by atoms with Crippen LogP contribution in [0, 0.1) is 5.92 Å². The molecule has 2 N–H and O–H groups in total. The van der Waals surface area contributed by atoms with Crippen LogP contribution in [0.15, 0.2) is 24.3 Å². The number of carbonyl (C=O) groups is 1. The second kappa shape index (κ2) is 10.4.